The quantitative estimate of drug-likeness (QED) is 0.122. The van der Waals surface area contributed by atoms with Crippen LogP contribution in [0.1, 0.15) is 111 Å². The topological polar surface area (TPSA) is 109 Å². The van der Waals surface area contributed by atoms with Gasteiger partial charge in [0.05, 0.1) is 13.2 Å². The highest BCUT2D eigenvalue weighted by Gasteiger charge is 2.62. The third kappa shape index (κ3) is 7.91. The van der Waals surface area contributed by atoms with E-state index in [9.17, 15) is 9.90 Å². The van der Waals surface area contributed by atoms with Crippen LogP contribution in [0.15, 0.2) is 0 Å². The summed E-state index contributed by atoms with van der Waals surface area (Å²) >= 11 is 0. The summed E-state index contributed by atoms with van der Waals surface area (Å²) in [5.74, 6) is 3.75. The molecule has 0 heterocycles. The standard InChI is InChI=1S/C35H66N4O3/c1-25(9-12-33(41)42-4)28-10-11-29-27-24-32(40)31-23-26(13-15-35(31,3)30(27)14-16-34(28,29)2)39-22-8-21-38-19-6-5-18-37-20-7-17-36/h25-32,37-40H,5-24,36H2,1-4H3/t25-,26+,27?,28-,29?,30?,31+,32-,34-,35-/m1/s1. The minimum Gasteiger partial charge on any atom is -0.469 e. The van der Waals surface area contributed by atoms with E-state index in [1.807, 2.05) is 0 Å². The fourth-order valence-electron chi connectivity index (χ4n) is 10.6. The van der Waals surface area contributed by atoms with Crippen molar-refractivity contribution in [2.24, 2.45) is 52.1 Å². The van der Waals surface area contributed by atoms with Crippen LogP contribution in [0.2, 0.25) is 0 Å². The van der Waals surface area contributed by atoms with Crippen molar-refractivity contribution in [3.8, 4) is 0 Å². The van der Waals surface area contributed by atoms with E-state index in [4.69, 9.17) is 10.5 Å². The van der Waals surface area contributed by atoms with Gasteiger partial charge in [0.15, 0.2) is 0 Å². The van der Waals surface area contributed by atoms with Gasteiger partial charge in [0.1, 0.15) is 0 Å². The van der Waals surface area contributed by atoms with E-state index >= 15 is 0 Å². The van der Waals surface area contributed by atoms with Gasteiger partial charge in [-0.25, -0.2) is 0 Å². The molecule has 6 N–H and O–H groups in total. The first-order valence-electron chi connectivity index (χ1n) is 17.8. The number of esters is 1. The monoisotopic (exact) mass is 591 g/mol. The summed E-state index contributed by atoms with van der Waals surface area (Å²) < 4.78 is 4.93. The molecule has 0 aromatic carbocycles. The number of aliphatic hydroxyl groups is 1. The molecule has 0 aromatic rings. The van der Waals surface area contributed by atoms with Gasteiger partial charge in [-0.1, -0.05) is 20.8 Å². The Labute approximate surface area is 257 Å². The largest absolute Gasteiger partial charge is 0.469 e. The zero-order valence-corrected chi connectivity index (χ0v) is 27.6. The van der Waals surface area contributed by atoms with Crippen molar-refractivity contribution in [1.29, 1.82) is 0 Å². The molecule has 0 bridgehead atoms. The van der Waals surface area contributed by atoms with Crippen molar-refractivity contribution in [2.75, 3.05) is 46.4 Å². The van der Waals surface area contributed by atoms with Crippen molar-refractivity contribution < 1.29 is 14.6 Å². The molecule has 4 saturated carbocycles. The van der Waals surface area contributed by atoms with Crippen molar-refractivity contribution in [1.82, 2.24) is 16.0 Å². The average Bonchev–Trinajstić information content (AvgIpc) is 3.34. The Kier molecular flexibility index (Phi) is 13.0. The fraction of sp³-hybridized carbons (Fsp3) is 0.971. The van der Waals surface area contributed by atoms with E-state index in [0.717, 1.165) is 76.8 Å². The maximum atomic E-state index is 11.8. The first-order chi connectivity index (χ1) is 20.2. The number of nitrogens with two attached hydrogens (primary N) is 1. The summed E-state index contributed by atoms with van der Waals surface area (Å²) in [6.45, 7) is 13.6. The van der Waals surface area contributed by atoms with E-state index in [0.29, 0.717) is 41.5 Å². The van der Waals surface area contributed by atoms with Crippen molar-refractivity contribution in [2.45, 2.75) is 123 Å². The van der Waals surface area contributed by atoms with E-state index < -0.39 is 0 Å². The van der Waals surface area contributed by atoms with Gasteiger partial charge in [-0.15, -0.1) is 0 Å². The lowest BCUT2D eigenvalue weighted by Gasteiger charge is -2.62. The first kappa shape index (κ1) is 34.1. The van der Waals surface area contributed by atoms with Crippen LogP contribution in [0.4, 0.5) is 0 Å². The number of nitrogens with one attached hydrogen (secondary N) is 3. The number of methoxy groups -OCH3 is 1. The van der Waals surface area contributed by atoms with Gasteiger partial charge in [0.2, 0.25) is 0 Å². The average molecular weight is 591 g/mol. The number of aliphatic hydroxyl groups excluding tert-OH is 1. The normalized spacial score (nSPS) is 38.4. The van der Waals surface area contributed by atoms with Crippen LogP contribution in [-0.2, 0) is 9.53 Å². The lowest BCUT2D eigenvalue weighted by molar-refractivity contribution is -0.162. The molecule has 0 saturated heterocycles. The lowest BCUT2D eigenvalue weighted by atomic mass is 9.43. The highest BCUT2D eigenvalue weighted by molar-refractivity contribution is 5.69. The predicted molar refractivity (Wildman–Crippen MR) is 172 cm³/mol. The number of hydrogen-bond acceptors (Lipinski definition) is 7. The Bertz CT molecular complexity index is 828. The lowest BCUT2D eigenvalue weighted by Crippen LogP contribution is -2.59. The molecular weight excluding hydrogens is 524 g/mol. The second-order valence-electron chi connectivity index (χ2n) is 15.2. The van der Waals surface area contributed by atoms with Crippen LogP contribution in [0, 0.1) is 46.3 Å². The summed E-state index contributed by atoms with van der Waals surface area (Å²) in [5, 5.41) is 22.6. The Hall–Kier alpha value is -0.730. The molecule has 4 aliphatic rings. The predicted octanol–water partition coefficient (Wildman–Crippen LogP) is 4.86. The van der Waals surface area contributed by atoms with Crippen molar-refractivity contribution in [3.05, 3.63) is 0 Å². The van der Waals surface area contributed by atoms with Gasteiger partial charge < -0.3 is 31.5 Å². The van der Waals surface area contributed by atoms with Crippen molar-refractivity contribution in [3.63, 3.8) is 0 Å². The van der Waals surface area contributed by atoms with Crippen LogP contribution >= 0.6 is 0 Å². The second kappa shape index (κ2) is 16.0. The molecule has 4 fully saturated rings. The molecule has 244 valence electrons. The summed E-state index contributed by atoms with van der Waals surface area (Å²) in [6.07, 6.45) is 15.9. The SMILES string of the molecule is COC(=O)CC[C@@H](C)[C@H]1CCC2C3C[C@@H](O)[C@@H]4C[C@@H](NCCCNCCCCNCCCN)CC[C@]4(C)C3CC[C@@]21C. The van der Waals surface area contributed by atoms with Crippen LogP contribution < -0.4 is 21.7 Å². The third-order valence-corrected chi connectivity index (χ3v) is 12.9. The maximum Gasteiger partial charge on any atom is 0.305 e. The highest BCUT2D eigenvalue weighted by atomic mass is 16.5. The molecule has 7 nitrogen and oxygen atoms in total. The summed E-state index contributed by atoms with van der Waals surface area (Å²) in [4.78, 5) is 11.8. The number of fused-ring (bicyclic) bond motifs is 5. The van der Waals surface area contributed by atoms with E-state index in [1.54, 1.807) is 0 Å². The Morgan fingerprint density at radius 2 is 1.55 bits per heavy atom. The number of rotatable bonds is 17. The molecule has 3 unspecified atom stereocenters. The van der Waals surface area contributed by atoms with E-state index in [2.05, 4.69) is 36.7 Å². The van der Waals surface area contributed by atoms with Gasteiger partial charge in [-0.05, 0) is 169 Å². The number of hydrogen-bond donors (Lipinski definition) is 5. The van der Waals surface area contributed by atoms with Gasteiger partial charge in [-0.3, -0.25) is 4.79 Å². The molecule has 7 heteroatoms. The minimum absolute atomic E-state index is 0.0739. The summed E-state index contributed by atoms with van der Waals surface area (Å²) in [5.41, 5.74) is 6.16. The summed E-state index contributed by atoms with van der Waals surface area (Å²) in [7, 11) is 1.50. The number of carbonyl (C=O) groups is 1. The van der Waals surface area contributed by atoms with Crippen LogP contribution in [0.25, 0.3) is 0 Å². The van der Waals surface area contributed by atoms with Gasteiger partial charge in [0, 0.05) is 12.5 Å². The molecule has 42 heavy (non-hydrogen) atoms. The minimum atomic E-state index is -0.162. The molecule has 0 aromatic heterocycles. The first-order valence-corrected chi connectivity index (χ1v) is 17.8. The van der Waals surface area contributed by atoms with Crippen LogP contribution in [0.5, 0.6) is 0 Å². The Morgan fingerprint density at radius 3 is 2.26 bits per heavy atom. The third-order valence-electron chi connectivity index (χ3n) is 12.9. The van der Waals surface area contributed by atoms with Crippen LogP contribution in [-0.4, -0.2) is 69.6 Å². The molecule has 4 aliphatic carbocycles. The fourth-order valence-corrected chi connectivity index (χ4v) is 10.6. The number of carbonyl (C=O) groups excluding carboxylic acids is 1. The molecule has 0 amide bonds. The van der Waals surface area contributed by atoms with Gasteiger partial charge >= 0.3 is 5.97 Å². The second-order valence-corrected chi connectivity index (χ2v) is 15.2. The molecule has 0 spiro atoms. The Balaban J connectivity index is 1.20. The maximum absolute atomic E-state index is 11.8. The Morgan fingerprint density at radius 1 is 0.881 bits per heavy atom. The molecular formula is C35H66N4O3. The molecule has 0 aliphatic heterocycles. The van der Waals surface area contributed by atoms with E-state index in [1.165, 1.54) is 64.9 Å². The zero-order chi connectivity index (χ0) is 30.2. The van der Waals surface area contributed by atoms with Crippen molar-refractivity contribution >= 4 is 5.97 Å². The van der Waals surface area contributed by atoms with Crippen LogP contribution in [0.3, 0.4) is 0 Å². The number of ether oxygens (including phenoxy) is 1. The molecule has 0 radical (unpaired) electrons. The summed E-state index contributed by atoms with van der Waals surface area (Å²) in [6, 6.07) is 0.550. The van der Waals surface area contributed by atoms with Gasteiger partial charge in [-0.2, -0.15) is 0 Å². The highest BCUT2D eigenvalue weighted by Crippen LogP contribution is 2.68. The van der Waals surface area contributed by atoms with Gasteiger partial charge in [0.25, 0.3) is 0 Å². The zero-order valence-electron chi connectivity index (χ0n) is 27.6. The number of unbranched alkanes of at least 4 members (excludes halogenated alkanes) is 1. The molecule has 4 rings (SSSR count). The smallest absolute Gasteiger partial charge is 0.305 e. The molecule has 10 atom stereocenters. The van der Waals surface area contributed by atoms with E-state index in [-0.39, 0.29) is 17.5 Å².